The molecule has 0 bridgehead atoms. The first-order valence-corrected chi connectivity index (χ1v) is 21.6. The van der Waals surface area contributed by atoms with Gasteiger partial charge in [0.05, 0.1) is 11.2 Å². The first kappa shape index (κ1) is 35.6. The minimum atomic E-state index is 0.231. The fourth-order valence-electron chi connectivity index (χ4n) is 10.5. The molecule has 3 aliphatic carbocycles. The summed E-state index contributed by atoms with van der Waals surface area (Å²) in [6.07, 6.45) is 20.5. The average Bonchev–Trinajstić information content (AvgIpc) is 3.71. The van der Waals surface area contributed by atoms with Gasteiger partial charge in [-0.3, -0.25) is 0 Å². The summed E-state index contributed by atoms with van der Waals surface area (Å²) in [4.78, 5) is 5.31. The third-order valence-corrected chi connectivity index (χ3v) is 13.5. The van der Waals surface area contributed by atoms with Gasteiger partial charge in [-0.2, -0.15) is 0 Å². The monoisotopic (exact) mass is 781 g/mol. The number of rotatable bonds is 6. The number of nitrogens with zero attached hydrogens (tertiary/aromatic N) is 1. The van der Waals surface area contributed by atoms with Gasteiger partial charge >= 0.3 is 0 Å². The second-order valence-electron chi connectivity index (χ2n) is 16.9. The summed E-state index contributed by atoms with van der Waals surface area (Å²) >= 11 is 0. The summed E-state index contributed by atoms with van der Waals surface area (Å²) in [5, 5.41) is 5.84. The van der Waals surface area contributed by atoms with Crippen LogP contribution in [-0.4, -0.2) is 4.98 Å². The molecule has 0 amide bonds. The van der Waals surface area contributed by atoms with Crippen molar-refractivity contribution < 1.29 is 4.42 Å². The van der Waals surface area contributed by atoms with Crippen molar-refractivity contribution in [1.29, 1.82) is 0 Å². The van der Waals surface area contributed by atoms with Crippen LogP contribution in [0.5, 0.6) is 0 Å². The van der Waals surface area contributed by atoms with Gasteiger partial charge in [0.15, 0.2) is 0 Å². The second-order valence-corrected chi connectivity index (χ2v) is 16.9. The van der Waals surface area contributed by atoms with Crippen LogP contribution in [-0.2, 0) is 6.42 Å². The third-order valence-electron chi connectivity index (χ3n) is 13.5. The minimum absolute atomic E-state index is 0.231. The number of hydrogen-bond donors (Lipinski definition) is 0. The Kier molecular flexibility index (Phi) is 8.45. The van der Waals surface area contributed by atoms with Crippen LogP contribution in [0, 0.1) is 12.8 Å². The maximum atomic E-state index is 6.86. The van der Waals surface area contributed by atoms with Crippen LogP contribution in [0.15, 0.2) is 204 Å². The highest BCUT2D eigenvalue weighted by Gasteiger charge is 2.35. The first-order chi connectivity index (χ1) is 30.2. The van der Waals surface area contributed by atoms with Crippen LogP contribution >= 0.6 is 0 Å². The lowest BCUT2D eigenvalue weighted by molar-refractivity contribution is 0.604. The largest absolute Gasteiger partial charge is 0.455 e. The van der Waals surface area contributed by atoms with E-state index in [2.05, 4.69) is 207 Å². The molecule has 12 rings (SSSR count). The van der Waals surface area contributed by atoms with E-state index in [9.17, 15) is 0 Å². The minimum Gasteiger partial charge on any atom is -0.455 e. The Morgan fingerprint density at radius 1 is 0.639 bits per heavy atom. The molecule has 2 nitrogen and oxygen atoms in total. The quantitative estimate of drug-likeness (QED) is 0.168. The topological polar surface area (TPSA) is 26.0 Å². The van der Waals surface area contributed by atoms with Gasteiger partial charge in [-0.15, -0.1) is 0 Å². The molecule has 3 aliphatic rings. The maximum absolute atomic E-state index is 6.86. The van der Waals surface area contributed by atoms with Gasteiger partial charge in [-0.25, -0.2) is 4.98 Å². The van der Waals surface area contributed by atoms with Crippen molar-refractivity contribution in [1.82, 2.24) is 4.98 Å². The molecule has 0 fully saturated rings. The van der Waals surface area contributed by atoms with Crippen molar-refractivity contribution >= 4 is 55.3 Å². The summed E-state index contributed by atoms with van der Waals surface area (Å²) in [7, 11) is 0. The summed E-state index contributed by atoms with van der Waals surface area (Å²) in [6.45, 7) is 2.19. The van der Waals surface area contributed by atoms with E-state index in [1.54, 1.807) is 0 Å². The zero-order valence-electron chi connectivity index (χ0n) is 34.1. The molecule has 0 spiro atoms. The molecule has 0 aliphatic heterocycles. The van der Waals surface area contributed by atoms with E-state index in [4.69, 9.17) is 9.40 Å². The molecule has 290 valence electrons. The van der Waals surface area contributed by atoms with Crippen LogP contribution in [0.3, 0.4) is 0 Å². The van der Waals surface area contributed by atoms with Crippen LogP contribution < -0.4 is 0 Å². The van der Waals surface area contributed by atoms with Gasteiger partial charge in [0.25, 0.3) is 0 Å². The van der Waals surface area contributed by atoms with Gasteiger partial charge in [0.1, 0.15) is 11.2 Å². The van der Waals surface area contributed by atoms with Gasteiger partial charge < -0.3 is 4.42 Å². The average molecular weight is 782 g/mol. The predicted octanol–water partition coefficient (Wildman–Crippen LogP) is 15.5. The smallest absolute Gasteiger partial charge is 0.143 e. The van der Waals surface area contributed by atoms with Crippen molar-refractivity contribution in [3.8, 4) is 22.4 Å². The van der Waals surface area contributed by atoms with E-state index in [1.165, 1.54) is 60.9 Å². The summed E-state index contributed by atoms with van der Waals surface area (Å²) in [6, 6.07) is 55.0. The van der Waals surface area contributed by atoms with E-state index in [1.807, 2.05) is 0 Å². The number of allylic oxidation sites excluding steroid dienone is 9. The predicted molar refractivity (Wildman–Crippen MR) is 256 cm³/mol. The number of aryl methyl sites for hydroxylation is 1. The molecule has 2 heterocycles. The summed E-state index contributed by atoms with van der Waals surface area (Å²) < 4.78 is 6.86. The molecule has 3 unspecified atom stereocenters. The summed E-state index contributed by atoms with van der Waals surface area (Å²) in [5.74, 6) is 0.977. The Hall–Kier alpha value is -7.29. The Labute approximate surface area is 356 Å². The van der Waals surface area contributed by atoms with E-state index >= 15 is 0 Å². The van der Waals surface area contributed by atoms with Gasteiger partial charge in [-0.05, 0) is 99.5 Å². The number of furan rings is 1. The molecule has 7 aromatic carbocycles. The zero-order chi connectivity index (χ0) is 40.4. The van der Waals surface area contributed by atoms with Crippen molar-refractivity contribution in [3.63, 3.8) is 0 Å². The van der Waals surface area contributed by atoms with E-state index < -0.39 is 0 Å². The Balaban J connectivity index is 0.943. The standard InChI is InChI=1S/C59H43NO/c1-37-39(17-11-16-38-14-3-2-4-15-38)28-29-40-31-33-55(60-58(37)40)43-19-12-18-41(34-43)52-36-54-57-44(26-13-27-56(57)61-59(54)51-25-10-9-24-49(51)52)42-30-32-50-47-22-6-5-20-45(47)46-21-7-8-23-48(46)53(50)35-42/h2-15,17-34,36,42,46,48H,16,35H2,1H3/b17-11-. The molecule has 0 N–H and O–H groups in total. The SMILES string of the molecule is Cc1c(/C=C\Cc2ccccc2)ccc2ccc(-c3cccc(-c4cc5c(oc6cccc(C7C=CC8=C(C7)C7C=CC=CC7c7ccccc78)c65)c5ccccc45)c3)nc12. The molecule has 61 heavy (non-hydrogen) atoms. The lowest BCUT2D eigenvalue weighted by Gasteiger charge is -2.38. The lowest BCUT2D eigenvalue weighted by Crippen LogP contribution is -2.23. The molecule has 0 saturated heterocycles. The number of hydrogen-bond acceptors (Lipinski definition) is 2. The molecule has 0 radical (unpaired) electrons. The molecular weight excluding hydrogens is 739 g/mol. The van der Waals surface area contributed by atoms with Crippen LogP contribution in [0.2, 0.25) is 0 Å². The highest BCUT2D eigenvalue weighted by atomic mass is 16.3. The van der Waals surface area contributed by atoms with Gasteiger partial charge in [0.2, 0.25) is 0 Å². The Bertz CT molecular complexity index is 3390. The van der Waals surface area contributed by atoms with Crippen LogP contribution in [0.1, 0.15) is 51.6 Å². The van der Waals surface area contributed by atoms with Gasteiger partial charge in [0, 0.05) is 44.9 Å². The van der Waals surface area contributed by atoms with E-state index in [-0.39, 0.29) is 5.92 Å². The fourth-order valence-corrected chi connectivity index (χ4v) is 10.5. The number of fused-ring (bicyclic) bond motifs is 11. The molecular formula is C59H43NO. The zero-order valence-corrected chi connectivity index (χ0v) is 34.1. The van der Waals surface area contributed by atoms with Crippen molar-refractivity contribution in [2.24, 2.45) is 5.92 Å². The molecule has 0 saturated carbocycles. The van der Waals surface area contributed by atoms with Crippen LogP contribution in [0.25, 0.3) is 77.6 Å². The highest BCUT2D eigenvalue weighted by Crippen LogP contribution is 2.52. The molecule has 3 atom stereocenters. The molecule has 2 aromatic heterocycles. The number of aromatic nitrogens is 1. The van der Waals surface area contributed by atoms with Crippen molar-refractivity contribution in [2.45, 2.75) is 31.6 Å². The molecule has 9 aromatic rings. The fraction of sp³-hybridized carbons (Fsp3) is 0.102. The normalized spacial score (nSPS) is 18.1. The van der Waals surface area contributed by atoms with E-state index in [0.29, 0.717) is 11.8 Å². The van der Waals surface area contributed by atoms with Gasteiger partial charge in [-0.1, -0.05) is 182 Å². The Morgan fingerprint density at radius 2 is 1.41 bits per heavy atom. The van der Waals surface area contributed by atoms with E-state index in [0.717, 1.165) is 62.5 Å². The molecule has 2 heteroatoms. The lowest BCUT2D eigenvalue weighted by atomic mass is 9.66. The highest BCUT2D eigenvalue weighted by molar-refractivity contribution is 6.20. The Morgan fingerprint density at radius 3 is 2.33 bits per heavy atom. The van der Waals surface area contributed by atoms with Crippen molar-refractivity contribution in [3.05, 3.63) is 233 Å². The first-order valence-electron chi connectivity index (χ1n) is 21.6. The second kappa shape index (κ2) is 14.5. The maximum Gasteiger partial charge on any atom is 0.143 e. The third kappa shape index (κ3) is 5.97. The number of benzene rings is 7. The van der Waals surface area contributed by atoms with Crippen LogP contribution in [0.4, 0.5) is 0 Å². The number of pyridine rings is 1. The van der Waals surface area contributed by atoms with Crippen molar-refractivity contribution in [2.75, 3.05) is 0 Å². The summed E-state index contributed by atoms with van der Waals surface area (Å²) in [5.41, 5.74) is 18.1.